The summed E-state index contributed by atoms with van der Waals surface area (Å²) in [4.78, 5) is 33.1. The lowest BCUT2D eigenvalue weighted by atomic mass is 9.32. The van der Waals surface area contributed by atoms with Crippen molar-refractivity contribution >= 4 is 11.6 Å². The van der Waals surface area contributed by atoms with Crippen LogP contribution in [0.15, 0.2) is 11.8 Å². The lowest BCUT2D eigenvalue weighted by Crippen LogP contribution is -2.67. The van der Waals surface area contributed by atoms with Gasteiger partial charge in [0, 0.05) is 23.7 Å². The number of hydrogen-bond acceptors (Lipinski definition) is 5. The highest BCUT2D eigenvalue weighted by atomic mass is 16.1. The monoisotopic (exact) mass is 531 g/mol. The van der Waals surface area contributed by atoms with Gasteiger partial charge in [-0.25, -0.2) is 4.85 Å². The van der Waals surface area contributed by atoms with E-state index in [9.17, 15) is 9.59 Å². The summed E-state index contributed by atoms with van der Waals surface area (Å²) in [7, 11) is 1.83. The van der Waals surface area contributed by atoms with Gasteiger partial charge in [0.15, 0.2) is 11.6 Å². The predicted molar refractivity (Wildman–Crippen MR) is 148 cm³/mol. The van der Waals surface area contributed by atoms with Gasteiger partial charge in [-0.05, 0) is 89.1 Å². The molecule has 5 aliphatic carbocycles. The third kappa shape index (κ3) is 3.42. The zero-order chi connectivity index (χ0) is 28.3. The first-order valence-corrected chi connectivity index (χ1v) is 15.0. The number of fused-ring (bicyclic) bond motifs is 7. The van der Waals surface area contributed by atoms with E-state index in [1.807, 2.05) is 27.0 Å². The van der Waals surface area contributed by atoms with E-state index in [0.717, 1.165) is 44.3 Å². The minimum atomic E-state index is -0.590. The first-order valence-electron chi connectivity index (χ1n) is 15.0. The molecule has 5 aliphatic rings. The lowest BCUT2D eigenvalue weighted by Gasteiger charge is -2.71. The number of ketones is 2. The number of rotatable bonds is 1. The van der Waals surface area contributed by atoms with Crippen molar-refractivity contribution in [3.8, 4) is 0 Å². The molecule has 4 saturated carbocycles. The Kier molecular flexibility index (Phi) is 5.58. The number of nitrogens with zero attached hydrogens (tertiary/aromatic N) is 5. The van der Waals surface area contributed by atoms with E-state index in [0.29, 0.717) is 24.0 Å². The fourth-order valence-corrected chi connectivity index (χ4v) is 11.3. The van der Waals surface area contributed by atoms with Gasteiger partial charge in [0.05, 0.1) is 13.6 Å². The molecule has 1 aromatic rings. The molecule has 7 nitrogen and oxygen atoms in total. The van der Waals surface area contributed by atoms with Gasteiger partial charge in [0.2, 0.25) is 5.70 Å². The van der Waals surface area contributed by atoms with Crippen LogP contribution >= 0.6 is 0 Å². The van der Waals surface area contributed by atoms with Crippen LogP contribution in [0.4, 0.5) is 0 Å². The molecule has 1 heterocycles. The van der Waals surface area contributed by atoms with Crippen LogP contribution in [0.25, 0.3) is 4.85 Å². The first-order chi connectivity index (χ1) is 18.1. The highest BCUT2D eigenvalue weighted by Gasteiger charge is 2.71. The molecule has 6 rings (SSSR count). The Labute approximate surface area is 233 Å². The Balaban J connectivity index is 1.43. The molecule has 0 bridgehead atoms. The fourth-order valence-electron chi connectivity index (χ4n) is 11.3. The second-order valence-corrected chi connectivity index (χ2v) is 15.9. The zero-order valence-corrected chi connectivity index (χ0v) is 25.0. The molecule has 9 atom stereocenters. The molecule has 0 aliphatic heterocycles. The number of carbonyl (C=O) groups excluding carboxylic acids is 2. The van der Waals surface area contributed by atoms with Gasteiger partial charge >= 0.3 is 0 Å². The number of carbonyl (C=O) groups is 2. The number of aryl methyl sites for hydroxylation is 1. The van der Waals surface area contributed by atoms with Crippen molar-refractivity contribution in [3.63, 3.8) is 0 Å². The molecule has 0 aromatic carbocycles. The van der Waals surface area contributed by atoms with E-state index in [-0.39, 0.29) is 56.8 Å². The number of Topliss-reactive ketones (excluding diaryl/α,β-unsaturated/α-hetero) is 2. The lowest BCUT2D eigenvalue weighted by molar-refractivity contribution is -0.212. The van der Waals surface area contributed by atoms with Gasteiger partial charge in [-0.3, -0.25) is 4.79 Å². The average molecular weight is 532 g/mol. The van der Waals surface area contributed by atoms with Crippen LogP contribution < -0.4 is 0 Å². The van der Waals surface area contributed by atoms with E-state index >= 15 is 0 Å². The third-order valence-electron chi connectivity index (χ3n) is 13.1. The highest BCUT2D eigenvalue weighted by Crippen LogP contribution is 2.75. The van der Waals surface area contributed by atoms with Gasteiger partial charge in [0.1, 0.15) is 5.78 Å². The minimum absolute atomic E-state index is 0.0246. The van der Waals surface area contributed by atoms with E-state index < -0.39 is 5.41 Å². The van der Waals surface area contributed by atoms with Crippen molar-refractivity contribution in [1.29, 1.82) is 0 Å². The van der Waals surface area contributed by atoms with Gasteiger partial charge in [-0.15, -0.1) is 10.2 Å². The van der Waals surface area contributed by atoms with E-state index in [1.165, 1.54) is 0 Å². The molecular formula is C32H45N5O2. The maximum Gasteiger partial charge on any atom is 0.226 e. The summed E-state index contributed by atoms with van der Waals surface area (Å²) >= 11 is 0. The first kappa shape index (κ1) is 26.8. The predicted octanol–water partition coefficient (Wildman–Crippen LogP) is 6.19. The number of hydrogen-bond donors (Lipinski definition) is 0. The van der Waals surface area contributed by atoms with Crippen molar-refractivity contribution in [2.75, 3.05) is 0 Å². The Hall–Kier alpha value is -2.36. The van der Waals surface area contributed by atoms with E-state index in [1.54, 1.807) is 4.80 Å². The normalized spacial score (nSPS) is 46.2. The van der Waals surface area contributed by atoms with Crippen LogP contribution in [-0.2, 0) is 16.6 Å². The minimum Gasteiger partial charge on any atom is -0.307 e. The molecule has 0 N–H and O–H groups in total. The third-order valence-corrected chi connectivity index (χ3v) is 13.1. The van der Waals surface area contributed by atoms with Gasteiger partial charge in [-0.1, -0.05) is 54.5 Å². The maximum absolute atomic E-state index is 14.5. The van der Waals surface area contributed by atoms with Gasteiger partial charge < -0.3 is 4.79 Å². The highest BCUT2D eigenvalue weighted by molar-refractivity contribution is 6.02. The summed E-state index contributed by atoms with van der Waals surface area (Å²) in [5.74, 6) is 2.48. The van der Waals surface area contributed by atoms with E-state index in [2.05, 4.69) is 54.9 Å². The van der Waals surface area contributed by atoms with Crippen molar-refractivity contribution < 1.29 is 9.59 Å². The molecule has 4 fully saturated rings. The topological polar surface area (TPSA) is 82.1 Å². The molecule has 0 amide bonds. The molecule has 7 heteroatoms. The molecular weight excluding hydrogens is 486 g/mol. The molecule has 0 radical (unpaired) electrons. The number of tetrazole rings is 1. The second kappa shape index (κ2) is 8.10. The summed E-state index contributed by atoms with van der Waals surface area (Å²) in [6, 6.07) is 0. The Bertz CT molecular complexity index is 1320. The number of allylic oxidation sites excluding steroid dienone is 2. The SMILES string of the molecule is [C-]#[N+]C1=C[C@]2(C)[C@H]3CC(=O)[C@@H]4[C@@H]5CC(C)(C)C[C@@H](c6nnn(C)n6)C5CC[C@@]4(C)[C@]3(C)CC[C@H]2C(C)(C)C1=O. The van der Waals surface area contributed by atoms with Gasteiger partial charge in [0.25, 0.3) is 0 Å². The Morgan fingerprint density at radius 1 is 0.949 bits per heavy atom. The second-order valence-electron chi connectivity index (χ2n) is 15.9. The van der Waals surface area contributed by atoms with Crippen LogP contribution in [0.1, 0.15) is 105 Å². The van der Waals surface area contributed by atoms with Crippen LogP contribution in [0.2, 0.25) is 0 Å². The molecule has 210 valence electrons. The van der Waals surface area contributed by atoms with Crippen LogP contribution in [0, 0.1) is 63.2 Å². The Morgan fingerprint density at radius 3 is 2.28 bits per heavy atom. The summed E-state index contributed by atoms with van der Waals surface area (Å²) in [5, 5.41) is 13.3. The Morgan fingerprint density at radius 2 is 1.64 bits per heavy atom. The molecule has 39 heavy (non-hydrogen) atoms. The van der Waals surface area contributed by atoms with Crippen LogP contribution in [0.3, 0.4) is 0 Å². The largest absolute Gasteiger partial charge is 0.307 e. The summed E-state index contributed by atoms with van der Waals surface area (Å²) in [5.41, 5.74) is -0.709. The van der Waals surface area contributed by atoms with Crippen molar-refractivity contribution in [2.24, 2.45) is 63.7 Å². The summed E-state index contributed by atoms with van der Waals surface area (Å²) in [6.45, 7) is 23.7. The summed E-state index contributed by atoms with van der Waals surface area (Å²) < 4.78 is 0. The molecule has 0 saturated heterocycles. The van der Waals surface area contributed by atoms with Crippen molar-refractivity contribution in [3.05, 3.63) is 29.0 Å². The van der Waals surface area contributed by atoms with Gasteiger partial charge in [-0.2, -0.15) is 4.80 Å². The van der Waals surface area contributed by atoms with Crippen molar-refractivity contribution in [2.45, 2.75) is 99.3 Å². The standard InChI is InChI=1S/C32H45N5O2/c1-28(2)15-19-18(20(16-28)27-34-36-37(9)35-27)10-12-32(7)25(19)22(38)14-24-30(5)17-21(33-8)26(39)29(3,4)23(30)11-13-31(24,32)6/h17-20,23-25H,10-16H2,1-7,9H3/t18?,19-,20-,23+,24-,25+,30+,31-,32-/m1/s1. The molecule has 1 unspecified atom stereocenters. The quantitative estimate of drug-likeness (QED) is 0.404. The molecule has 1 aromatic heterocycles. The molecule has 0 spiro atoms. The average Bonchev–Trinajstić information content (AvgIpc) is 3.28. The maximum atomic E-state index is 14.5. The van der Waals surface area contributed by atoms with Crippen LogP contribution in [-0.4, -0.2) is 31.8 Å². The summed E-state index contributed by atoms with van der Waals surface area (Å²) in [6.07, 6.45) is 8.75. The number of aromatic nitrogens is 4. The smallest absolute Gasteiger partial charge is 0.226 e. The van der Waals surface area contributed by atoms with Crippen molar-refractivity contribution in [1.82, 2.24) is 20.2 Å². The van der Waals surface area contributed by atoms with E-state index in [4.69, 9.17) is 6.57 Å². The fraction of sp³-hybridized carbons (Fsp3) is 0.812. The van der Waals surface area contributed by atoms with Crippen LogP contribution in [0.5, 0.6) is 0 Å². The zero-order valence-electron chi connectivity index (χ0n) is 25.0.